The van der Waals surface area contributed by atoms with Gasteiger partial charge in [0, 0.05) is 18.3 Å². The summed E-state index contributed by atoms with van der Waals surface area (Å²) in [4.78, 5) is 2.02. The molecule has 1 aliphatic heterocycles. The predicted octanol–water partition coefficient (Wildman–Crippen LogP) is 1.93. The Kier molecular flexibility index (Phi) is 2.45. The second-order valence-electron chi connectivity index (χ2n) is 2.61. The zero-order valence-electron chi connectivity index (χ0n) is 6.97. The lowest BCUT2D eigenvalue weighted by Gasteiger charge is -2.26. The van der Waals surface area contributed by atoms with Crippen LogP contribution in [0.4, 0.5) is 0 Å². The van der Waals surface area contributed by atoms with Gasteiger partial charge < -0.3 is 9.64 Å². The molecule has 0 radical (unpaired) electrons. The molecule has 1 atom stereocenters. The van der Waals surface area contributed by atoms with Gasteiger partial charge in [0.1, 0.15) is 5.76 Å². The van der Waals surface area contributed by atoms with E-state index in [0.717, 1.165) is 10.8 Å². The first-order valence-corrected chi connectivity index (χ1v) is 3.87. The Morgan fingerprint density at radius 1 is 1.64 bits per heavy atom. The minimum absolute atomic E-state index is 0.260. The number of hydrogen-bond donors (Lipinski definition) is 0. The lowest BCUT2D eigenvalue weighted by atomic mass is 10.2. The molecule has 0 spiro atoms. The second kappa shape index (κ2) is 3.18. The molecule has 62 valence electrons. The van der Waals surface area contributed by atoms with Gasteiger partial charge in [-0.05, 0) is 13.0 Å². The van der Waals surface area contributed by atoms with Gasteiger partial charge in [0.15, 0.2) is 0 Å². The SMILES string of the molecule is COC1=CN(C)C(C)C(Cl)=C1. The standard InChI is InChI=1S/C8H12ClNO/c1-6-8(9)4-7(11-3)5-10(6)2/h4-6H,1-3H3. The summed E-state index contributed by atoms with van der Waals surface area (Å²) in [6.45, 7) is 2.04. The second-order valence-corrected chi connectivity index (χ2v) is 3.04. The molecule has 0 N–H and O–H groups in total. The van der Waals surface area contributed by atoms with Crippen LogP contribution in [0.5, 0.6) is 0 Å². The Labute approximate surface area is 72.1 Å². The number of halogens is 1. The van der Waals surface area contributed by atoms with Crippen molar-refractivity contribution >= 4 is 11.6 Å². The molecule has 0 aromatic carbocycles. The van der Waals surface area contributed by atoms with Gasteiger partial charge in [0.05, 0.1) is 13.2 Å². The fourth-order valence-corrected chi connectivity index (χ4v) is 1.17. The van der Waals surface area contributed by atoms with Crippen molar-refractivity contribution in [3.05, 3.63) is 23.1 Å². The molecule has 0 aliphatic carbocycles. The van der Waals surface area contributed by atoms with E-state index in [0.29, 0.717) is 0 Å². The fourth-order valence-electron chi connectivity index (χ4n) is 0.912. The molecular formula is C8H12ClNO. The summed E-state index contributed by atoms with van der Waals surface area (Å²) in [6.07, 6.45) is 3.77. The number of allylic oxidation sites excluding steroid dienone is 1. The van der Waals surface area contributed by atoms with Gasteiger partial charge in [0.2, 0.25) is 0 Å². The van der Waals surface area contributed by atoms with Crippen LogP contribution in [-0.2, 0) is 4.74 Å². The van der Waals surface area contributed by atoms with E-state index in [9.17, 15) is 0 Å². The van der Waals surface area contributed by atoms with Crippen LogP contribution in [0.15, 0.2) is 23.1 Å². The van der Waals surface area contributed by atoms with Crippen LogP contribution in [0, 0.1) is 0 Å². The molecule has 0 saturated heterocycles. The van der Waals surface area contributed by atoms with Gasteiger partial charge in [0.25, 0.3) is 0 Å². The maximum atomic E-state index is 5.93. The number of nitrogens with zero attached hydrogens (tertiary/aromatic N) is 1. The normalized spacial score (nSPS) is 24.4. The molecule has 1 aliphatic rings. The monoisotopic (exact) mass is 173 g/mol. The van der Waals surface area contributed by atoms with Crippen molar-refractivity contribution in [3.8, 4) is 0 Å². The van der Waals surface area contributed by atoms with Crippen molar-refractivity contribution in [1.29, 1.82) is 0 Å². The molecule has 11 heavy (non-hydrogen) atoms. The van der Waals surface area contributed by atoms with Crippen LogP contribution >= 0.6 is 11.6 Å². The van der Waals surface area contributed by atoms with Gasteiger partial charge in [-0.25, -0.2) is 0 Å². The maximum Gasteiger partial charge on any atom is 0.135 e. The first kappa shape index (κ1) is 8.47. The number of hydrogen-bond acceptors (Lipinski definition) is 2. The maximum absolute atomic E-state index is 5.93. The highest BCUT2D eigenvalue weighted by atomic mass is 35.5. The predicted molar refractivity (Wildman–Crippen MR) is 46.3 cm³/mol. The molecule has 0 saturated carbocycles. The zero-order valence-corrected chi connectivity index (χ0v) is 7.72. The van der Waals surface area contributed by atoms with Gasteiger partial charge in [-0.15, -0.1) is 0 Å². The number of ether oxygens (including phenoxy) is 1. The molecule has 1 rings (SSSR count). The van der Waals surface area contributed by atoms with Gasteiger partial charge >= 0.3 is 0 Å². The van der Waals surface area contributed by atoms with Crippen molar-refractivity contribution in [2.24, 2.45) is 0 Å². The van der Waals surface area contributed by atoms with Gasteiger partial charge in [-0.1, -0.05) is 11.6 Å². The minimum Gasteiger partial charge on any atom is -0.495 e. The van der Waals surface area contributed by atoms with E-state index >= 15 is 0 Å². The molecule has 2 nitrogen and oxygen atoms in total. The number of methoxy groups -OCH3 is 1. The highest BCUT2D eigenvalue weighted by Gasteiger charge is 2.15. The van der Waals surface area contributed by atoms with E-state index < -0.39 is 0 Å². The van der Waals surface area contributed by atoms with Crippen molar-refractivity contribution < 1.29 is 4.74 Å². The Bertz CT molecular complexity index is 210. The third-order valence-electron chi connectivity index (χ3n) is 1.86. The molecule has 0 aromatic rings. The Morgan fingerprint density at radius 3 is 2.73 bits per heavy atom. The summed E-state index contributed by atoms with van der Waals surface area (Å²) in [6, 6.07) is 0.260. The van der Waals surface area contributed by atoms with Crippen molar-refractivity contribution in [3.63, 3.8) is 0 Å². The average molecular weight is 174 g/mol. The largest absolute Gasteiger partial charge is 0.495 e. The third kappa shape index (κ3) is 1.69. The number of likely N-dealkylation sites (N-methyl/N-ethyl adjacent to an activating group) is 1. The van der Waals surface area contributed by atoms with E-state index in [4.69, 9.17) is 16.3 Å². The zero-order chi connectivity index (χ0) is 8.43. The van der Waals surface area contributed by atoms with Crippen LogP contribution in [0.2, 0.25) is 0 Å². The lowest BCUT2D eigenvalue weighted by Crippen LogP contribution is -2.27. The summed E-state index contributed by atoms with van der Waals surface area (Å²) in [5.41, 5.74) is 0. The smallest absolute Gasteiger partial charge is 0.135 e. The van der Waals surface area contributed by atoms with Crippen LogP contribution in [0.25, 0.3) is 0 Å². The summed E-state index contributed by atoms with van der Waals surface area (Å²) < 4.78 is 5.04. The van der Waals surface area contributed by atoms with Crippen molar-refractivity contribution in [2.75, 3.05) is 14.2 Å². The van der Waals surface area contributed by atoms with Crippen LogP contribution in [0.3, 0.4) is 0 Å². The molecular weight excluding hydrogens is 162 g/mol. The Balaban J connectivity index is 2.82. The van der Waals surface area contributed by atoms with Crippen LogP contribution < -0.4 is 0 Å². The average Bonchev–Trinajstić information content (AvgIpc) is 1.99. The van der Waals surface area contributed by atoms with E-state index in [2.05, 4.69) is 0 Å². The molecule has 1 heterocycles. The van der Waals surface area contributed by atoms with Crippen molar-refractivity contribution in [2.45, 2.75) is 13.0 Å². The minimum atomic E-state index is 0.260. The highest BCUT2D eigenvalue weighted by molar-refractivity contribution is 6.30. The highest BCUT2D eigenvalue weighted by Crippen LogP contribution is 2.21. The molecule has 3 heteroatoms. The number of rotatable bonds is 1. The summed E-state index contributed by atoms with van der Waals surface area (Å²) in [5, 5.41) is 0.812. The summed E-state index contributed by atoms with van der Waals surface area (Å²) >= 11 is 5.93. The quantitative estimate of drug-likeness (QED) is 0.601. The van der Waals surface area contributed by atoms with E-state index in [1.165, 1.54) is 0 Å². The molecule has 0 aromatic heterocycles. The Morgan fingerprint density at radius 2 is 2.27 bits per heavy atom. The topological polar surface area (TPSA) is 12.5 Å². The van der Waals surface area contributed by atoms with Crippen LogP contribution in [-0.4, -0.2) is 25.1 Å². The van der Waals surface area contributed by atoms with E-state index in [1.807, 2.05) is 31.1 Å². The molecule has 0 fully saturated rings. The lowest BCUT2D eigenvalue weighted by molar-refractivity contribution is 0.277. The molecule has 0 bridgehead atoms. The first-order chi connectivity index (χ1) is 5.15. The third-order valence-corrected chi connectivity index (χ3v) is 2.28. The fraction of sp³-hybridized carbons (Fsp3) is 0.500. The Hall–Kier alpha value is -0.630. The molecule has 1 unspecified atom stereocenters. The molecule has 0 amide bonds. The van der Waals surface area contributed by atoms with Gasteiger partial charge in [-0.2, -0.15) is 0 Å². The van der Waals surface area contributed by atoms with E-state index in [1.54, 1.807) is 7.11 Å². The summed E-state index contributed by atoms with van der Waals surface area (Å²) in [5.74, 6) is 0.801. The van der Waals surface area contributed by atoms with Crippen molar-refractivity contribution in [1.82, 2.24) is 4.90 Å². The van der Waals surface area contributed by atoms with E-state index in [-0.39, 0.29) is 6.04 Å². The first-order valence-electron chi connectivity index (χ1n) is 3.50. The van der Waals surface area contributed by atoms with Gasteiger partial charge in [-0.3, -0.25) is 0 Å². The van der Waals surface area contributed by atoms with Crippen LogP contribution in [0.1, 0.15) is 6.92 Å². The summed E-state index contributed by atoms with van der Waals surface area (Å²) in [7, 11) is 3.61.